The second-order valence-corrected chi connectivity index (χ2v) is 6.53. The van der Waals surface area contributed by atoms with Crippen LogP contribution in [0.5, 0.6) is 0 Å². The van der Waals surface area contributed by atoms with Gasteiger partial charge in [-0.3, -0.25) is 9.59 Å². The fourth-order valence-electron chi connectivity index (χ4n) is 3.45. The Kier molecular flexibility index (Phi) is 5.65. The number of halogens is 1. The lowest BCUT2D eigenvalue weighted by molar-refractivity contribution is -0.151. The molecule has 0 saturated carbocycles. The Labute approximate surface area is 146 Å². The van der Waals surface area contributed by atoms with Crippen LogP contribution in [-0.4, -0.2) is 42.5 Å². The van der Waals surface area contributed by atoms with Crippen LogP contribution in [0.2, 0.25) is 0 Å². The normalized spacial score (nSPS) is 24.3. The summed E-state index contributed by atoms with van der Waals surface area (Å²) in [4.78, 5) is 26.3. The number of hydrogen-bond acceptors (Lipinski definition) is 5. The molecular formula is C18H24FN3O3. The molecular weight excluding hydrogens is 325 g/mol. The number of esters is 1. The molecule has 2 saturated heterocycles. The first kappa shape index (κ1) is 17.8. The standard InChI is InChI=1S/C18H24FN3O3/c1-2-25-18(24)13-7-9-22(10-8-13)17(23)16-11-15(20-21-16)12-3-5-14(19)6-4-12/h3-6,13,15-16,20-21H,2,7-11H2,1H3. The number of nitrogens with zero attached hydrogens (tertiary/aromatic N) is 1. The third-order valence-corrected chi connectivity index (χ3v) is 4.90. The third kappa shape index (κ3) is 4.16. The lowest BCUT2D eigenvalue weighted by Crippen LogP contribution is -2.49. The van der Waals surface area contributed by atoms with Crippen molar-refractivity contribution in [2.75, 3.05) is 19.7 Å². The maximum absolute atomic E-state index is 13.0. The fraction of sp³-hybridized carbons (Fsp3) is 0.556. The van der Waals surface area contributed by atoms with Crippen LogP contribution in [0.3, 0.4) is 0 Å². The summed E-state index contributed by atoms with van der Waals surface area (Å²) in [7, 11) is 0. The molecule has 0 spiro atoms. The number of amides is 1. The highest BCUT2D eigenvalue weighted by Gasteiger charge is 2.35. The SMILES string of the molecule is CCOC(=O)C1CCN(C(=O)C2CC(c3ccc(F)cc3)NN2)CC1. The summed E-state index contributed by atoms with van der Waals surface area (Å²) >= 11 is 0. The Morgan fingerprint density at radius 2 is 1.88 bits per heavy atom. The summed E-state index contributed by atoms with van der Waals surface area (Å²) in [5.74, 6) is -0.497. The zero-order chi connectivity index (χ0) is 17.8. The van der Waals surface area contributed by atoms with Gasteiger partial charge >= 0.3 is 5.97 Å². The van der Waals surface area contributed by atoms with Crippen molar-refractivity contribution in [3.05, 3.63) is 35.6 Å². The predicted octanol–water partition coefficient (Wildman–Crippen LogP) is 1.53. The Bertz CT molecular complexity index is 614. The van der Waals surface area contributed by atoms with Gasteiger partial charge in [0.1, 0.15) is 11.9 Å². The highest BCUT2D eigenvalue weighted by molar-refractivity contribution is 5.82. The molecule has 0 aliphatic carbocycles. The summed E-state index contributed by atoms with van der Waals surface area (Å²) in [6, 6.07) is 5.97. The number of nitrogens with one attached hydrogen (secondary N) is 2. The van der Waals surface area contributed by atoms with Crippen molar-refractivity contribution >= 4 is 11.9 Å². The highest BCUT2D eigenvalue weighted by atomic mass is 19.1. The first-order valence-electron chi connectivity index (χ1n) is 8.80. The zero-order valence-corrected chi connectivity index (χ0v) is 14.3. The Balaban J connectivity index is 1.51. The highest BCUT2D eigenvalue weighted by Crippen LogP contribution is 2.25. The van der Waals surface area contributed by atoms with E-state index in [9.17, 15) is 14.0 Å². The molecule has 2 unspecified atom stereocenters. The molecule has 0 radical (unpaired) electrons. The summed E-state index contributed by atoms with van der Waals surface area (Å²) in [6.07, 6.45) is 1.90. The van der Waals surface area contributed by atoms with Crippen molar-refractivity contribution in [1.82, 2.24) is 15.8 Å². The maximum atomic E-state index is 13.0. The molecule has 7 heteroatoms. The van der Waals surface area contributed by atoms with Crippen molar-refractivity contribution in [3.63, 3.8) is 0 Å². The van der Waals surface area contributed by atoms with Crippen LogP contribution < -0.4 is 10.9 Å². The van der Waals surface area contributed by atoms with Gasteiger partial charge in [-0.25, -0.2) is 15.2 Å². The minimum atomic E-state index is -0.311. The number of ether oxygens (including phenoxy) is 1. The largest absolute Gasteiger partial charge is 0.466 e. The molecule has 1 aromatic rings. The molecule has 2 aliphatic heterocycles. The van der Waals surface area contributed by atoms with E-state index in [2.05, 4.69) is 10.9 Å². The topological polar surface area (TPSA) is 70.7 Å². The second kappa shape index (κ2) is 7.93. The van der Waals surface area contributed by atoms with Gasteiger partial charge in [-0.15, -0.1) is 0 Å². The van der Waals surface area contributed by atoms with E-state index in [1.54, 1.807) is 19.1 Å². The fourth-order valence-corrected chi connectivity index (χ4v) is 3.45. The van der Waals surface area contributed by atoms with E-state index in [4.69, 9.17) is 4.74 Å². The molecule has 2 heterocycles. The van der Waals surface area contributed by atoms with Gasteiger partial charge in [0.25, 0.3) is 0 Å². The molecule has 0 bridgehead atoms. The van der Waals surface area contributed by atoms with Gasteiger partial charge in [0, 0.05) is 19.1 Å². The van der Waals surface area contributed by atoms with Gasteiger partial charge in [-0.05, 0) is 43.9 Å². The van der Waals surface area contributed by atoms with Crippen molar-refractivity contribution in [1.29, 1.82) is 0 Å². The van der Waals surface area contributed by atoms with Crippen LogP contribution in [0, 0.1) is 11.7 Å². The summed E-state index contributed by atoms with van der Waals surface area (Å²) in [6.45, 7) is 3.33. The summed E-state index contributed by atoms with van der Waals surface area (Å²) < 4.78 is 18.1. The number of likely N-dealkylation sites (tertiary alicyclic amines) is 1. The van der Waals surface area contributed by atoms with Gasteiger partial charge in [-0.2, -0.15) is 0 Å². The predicted molar refractivity (Wildman–Crippen MR) is 89.8 cm³/mol. The van der Waals surface area contributed by atoms with Crippen molar-refractivity contribution in [3.8, 4) is 0 Å². The van der Waals surface area contributed by atoms with Crippen LogP contribution in [0.4, 0.5) is 4.39 Å². The zero-order valence-electron chi connectivity index (χ0n) is 14.3. The van der Waals surface area contributed by atoms with E-state index < -0.39 is 0 Å². The molecule has 6 nitrogen and oxygen atoms in total. The summed E-state index contributed by atoms with van der Waals surface area (Å²) in [5.41, 5.74) is 7.11. The maximum Gasteiger partial charge on any atom is 0.309 e. The number of hydrogen-bond donors (Lipinski definition) is 2. The van der Waals surface area contributed by atoms with Crippen molar-refractivity contribution in [2.45, 2.75) is 38.3 Å². The average molecular weight is 349 g/mol. The molecule has 136 valence electrons. The van der Waals surface area contributed by atoms with Crippen LogP contribution in [0.25, 0.3) is 0 Å². The Morgan fingerprint density at radius 1 is 1.20 bits per heavy atom. The third-order valence-electron chi connectivity index (χ3n) is 4.90. The molecule has 3 rings (SSSR count). The molecule has 2 atom stereocenters. The van der Waals surface area contributed by atoms with E-state index in [0.29, 0.717) is 39.0 Å². The van der Waals surface area contributed by atoms with Crippen LogP contribution >= 0.6 is 0 Å². The minimum absolute atomic E-state index is 0.0216. The number of rotatable bonds is 4. The number of piperidine rings is 1. The molecule has 0 aromatic heterocycles. The second-order valence-electron chi connectivity index (χ2n) is 6.53. The number of hydrazine groups is 1. The monoisotopic (exact) mass is 349 g/mol. The first-order valence-corrected chi connectivity index (χ1v) is 8.80. The smallest absolute Gasteiger partial charge is 0.309 e. The lowest BCUT2D eigenvalue weighted by atomic mass is 9.95. The van der Waals surface area contributed by atoms with Gasteiger partial charge in [0.05, 0.1) is 12.5 Å². The summed E-state index contributed by atoms with van der Waals surface area (Å²) in [5, 5.41) is 0. The Hall–Kier alpha value is -1.99. The minimum Gasteiger partial charge on any atom is -0.466 e. The molecule has 2 aliphatic rings. The van der Waals surface area contributed by atoms with E-state index in [-0.39, 0.29) is 35.7 Å². The molecule has 2 fully saturated rings. The van der Waals surface area contributed by atoms with Crippen LogP contribution in [0.1, 0.15) is 37.8 Å². The van der Waals surface area contributed by atoms with Gasteiger partial charge in [0.2, 0.25) is 5.91 Å². The molecule has 2 N–H and O–H groups in total. The van der Waals surface area contributed by atoms with Crippen molar-refractivity contribution < 1.29 is 18.7 Å². The molecule has 1 aromatic carbocycles. The average Bonchev–Trinajstić information content (AvgIpc) is 3.12. The van der Waals surface area contributed by atoms with Gasteiger partial charge < -0.3 is 9.64 Å². The molecule has 1 amide bonds. The number of carbonyl (C=O) groups is 2. The van der Waals surface area contributed by atoms with E-state index in [1.165, 1.54) is 12.1 Å². The number of carbonyl (C=O) groups excluding carboxylic acids is 2. The van der Waals surface area contributed by atoms with E-state index in [1.807, 2.05) is 4.90 Å². The van der Waals surface area contributed by atoms with Crippen LogP contribution in [-0.2, 0) is 14.3 Å². The van der Waals surface area contributed by atoms with Crippen molar-refractivity contribution in [2.24, 2.45) is 5.92 Å². The van der Waals surface area contributed by atoms with Gasteiger partial charge in [0.15, 0.2) is 0 Å². The van der Waals surface area contributed by atoms with Gasteiger partial charge in [-0.1, -0.05) is 12.1 Å². The van der Waals surface area contributed by atoms with E-state index >= 15 is 0 Å². The van der Waals surface area contributed by atoms with E-state index in [0.717, 1.165) is 5.56 Å². The Morgan fingerprint density at radius 3 is 2.52 bits per heavy atom. The first-order chi connectivity index (χ1) is 12.1. The quantitative estimate of drug-likeness (QED) is 0.807. The lowest BCUT2D eigenvalue weighted by Gasteiger charge is -2.32. The van der Waals surface area contributed by atoms with Crippen LogP contribution in [0.15, 0.2) is 24.3 Å². The number of benzene rings is 1. The molecule has 25 heavy (non-hydrogen) atoms.